The molecular weight excluding hydrogens is 356 g/mol. The molecule has 8 nitrogen and oxygen atoms in total. The van der Waals surface area contributed by atoms with Gasteiger partial charge in [-0.3, -0.25) is 14.5 Å². The molecule has 2 amide bonds. The minimum absolute atomic E-state index is 0.000774. The number of nitrogens with one attached hydrogen (secondary N) is 3. The van der Waals surface area contributed by atoms with E-state index in [0.717, 1.165) is 38.4 Å². The maximum absolute atomic E-state index is 11.9. The lowest BCUT2D eigenvalue weighted by Crippen LogP contribution is -2.50. The summed E-state index contributed by atoms with van der Waals surface area (Å²) < 4.78 is 0. The third kappa shape index (κ3) is 8.04. The molecule has 28 heavy (non-hydrogen) atoms. The number of likely N-dealkylation sites (N-methyl/N-ethyl adjacent to an activating group) is 2. The van der Waals surface area contributed by atoms with Gasteiger partial charge >= 0.3 is 0 Å². The second-order valence-corrected chi connectivity index (χ2v) is 8.21. The Morgan fingerprint density at radius 2 is 1.75 bits per heavy atom. The van der Waals surface area contributed by atoms with Crippen molar-refractivity contribution in [1.82, 2.24) is 25.8 Å². The van der Waals surface area contributed by atoms with E-state index in [-0.39, 0.29) is 18.4 Å². The maximum Gasteiger partial charge on any atom is 0.243 e. The van der Waals surface area contributed by atoms with Crippen molar-refractivity contribution >= 4 is 17.8 Å². The van der Waals surface area contributed by atoms with E-state index in [1.807, 2.05) is 0 Å². The van der Waals surface area contributed by atoms with Crippen molar-refractivity contribution in [2.45, 2.75) is 51.0 Å². The third-order valence-electron chi connectivity index (χ3n) is 5.73. The number of aliphatic imine (C=N–C) groups is 1. The van der Waals surface area contributed by atoms with Gasteiger partial charge in [0.1, 0.15) is 6.54 Å². The van der Waals surface area contributed by atoms with Crippen LogP contribution in [0.2, 0.25) is 0 Å². The highest BCUT2D eigenvalue weighted by Crippen LogP contribution is 2.22. The fourth-order valence-electron chi connectivity index (χ4n) is 3.78. The van der Waals surface area contributed by atoms with E-state index in [0.29, 0.717) is 18.5 Å². The summed E-state index contributed by atoms with van der Waals surface area (Å²) in [4.78, 5) is 31.8. The van der Waals surface area contributed by atoms with Crippen LogP contribution in [0.1, 0.15) is 44.9 Å². The Balaban J connectivity index is 1.85. The molecule has 0 spiro atoms. The van der Waals surface area contributed by atoms with Gasteiger partial charge in [0.15, 0.2) is 5.96 Å². The van der Waals surface area contributed by atoms with Crippen LogP contribution >= 0.6 is 0 Å². The summed E-state index contributed by atoms with van der Waals surface area (Å²) in [6, 6.07) is 0.313. The minimum Gasteiger partial charge on any atom is -0.358 e. The molecule has 1 saturated carbocycles. The molecule has 2 fully saturated rings. The lowest BCUT2D eigenvalue weighted by molar-refractivity contribution is -0.127. The number of carbonyl (C=O) groups excluding carboxylic acids is 2. The zero-order chi connectivity index (χ0) is 20.4. The number of amides is 2. The molecule has 1 heterocycles. The highest BCUT2D eigenvalue weighted by atomic mass is 16.2. The minimum atomic E-state index is -0.000774. The lowest BCUT2D eigenvalue weighted by Gasteiger charge is -2.33. The molecule has 0 unspecified atom stereocenters. The molecule has 2 rings (SSSR count). The molecule has 1 aliphatic carbocycles. The number of piperidine rings is 1. The first kappa shape index (κ1) is 22.5. The number of carbonyl (C=O) groups is 2. The Morgan fingerprint density at radius 1 is 1.07 bits per heavy atom. The van der Waals surface area contributed by atoms with Gasteiger partial charge in [0, 0.05) is 46.8 Å². The summed E-state index contributed by atoms with van der Waals surface area (Å²) in [6.07, 6.45) is 8.45. The van der Waals surface area contributed by atoms with E-state index in [1.54, 1.807) is 26.0 Å². The van der Waals surface area contributed by atoms with Crippen molar-refractivity contribution in [3.8, 4) is 0 Å². The average Bonchev–Trinajstić information content (AvgIpc) is 2.71. The zero-order valence-electron chi connectivity index (χ0n) is 17.8. The highest BCUT2D eigenvalue weighted by Gasteiger charge is 2.22. The van der Waals surface area contributed by atoms with Gasteiger partial charge in [0.05, 0.1) is 6.54 Å². The molecule has 2 aliphatic rings. The van der Waals surface area contributed by atoms with Crippen LogP contribution < -0.4 is 16.0 Å². The second kappa shape index (κ2) is 11.9. The number of guanidine groups is 1. The molecule has 0 aromatic rings. The zero-order valence-corrected chi connectivity index (χ0v) is 17.8. The molecular formula is C20H38N6O2. The normalized spacial score (nSPS) is 19.9. The first-order valence-corrected chi connectivity index (χ1v) is 10.7. The summed E-state index contributed by atoms with van der Waals surface area (Å²) >= 11 is 0. The standard InChI is InChI=1S/C20H38N6O2/c1-21-18(27)15-26-11-9-17(10-12-26)24-20(23-14-19(28)25(2)3)22-13-16-7-5-4-6-8-16/h16-17H,4-15H2,1-3H3,(H,21,27)(H2,22,23,24). The summed E-state index contributed by atoms with van der Waals surface area (Å²) in [5.41, 5.74) is 0. The van der Waals surface area contributed by atoms with Crippen molar-refractivity contribution < 1.29 is 9.59 Å². The van der Waals surface area contributed by atoms with Crippen molar-refractivity contribution in [3.05, 3.63) is 0 Å². The summed E-state index contributed by atoms with van der Waals surface area (Å²) in [7, 11) is 5.18. The van der Waals surface area contributed by atoms with Gasteiger partial charge in [0.2, 0.25) is 11.8 Å². The van der Waals surface area contributed by atoms with Crippen LogP contribution in [0.4, 0.5) is 0 Å². The van der Waals surface area contributed by atoms with Gasteiger partial charge in [-0.05, 0) is 31.6 Å². The maximum atomic E-state index is 11.9. The smallest absolute Gasteiger partial charge is 0.243 e. The fourth-order valence-corrected chi connectivity index (χ4v) is 3.78. The number of hydrogen-bond donors (Lipinski definition) is 3. The third-order valence-corrected chi connectivity index (χ3v) is 5.73. The first-order valence-electron chi connectivity index (χ1n) is 10.7. The van der Waals surface area contributed by atoms with Crippen molar-refractivity contribution in [3.63, 3.8) is 0 Å². The van der Waals surface area contributed by atoms with Crippen LogP contribution in [0.25, 0.3) is 0 Å². The van der Waals surface area contributed by atoms with E-state index >= 15 is 0 Å². The molecule has 0 radical (unpaired) electrons. The molecule has 0 atom stereocenters. The first-order chi connectivity index (χ1) is 13.5. The largest absolute Gasteiger partial charge is 0.358 e. The number of nitrogens with zero attached hydrogens (tertiary/aromatic N) is 3. The molecule has 0 aromatic heterocycles. The van der Waals surface area contributed by atoms with Crippen LogP contribution in [0.15, 0.2) is 4.99 Å². The summed E-state index contributed by atoms with van der Waals surface area (Å²) in [5.74, 6) is 1.49. The van der Waals surface area contributed by atoms with Crippen LogP contribution in [0.5, 0.6) is 0 Å². The van der Waals surface area contributed by atoms with E-state index in [4.69, 9.17) is 0 Å². The Morgan fingerprint density at radius 3 is 2.36 bits per heavy atom. The SMILES string of the molecule is CNC(=O)CN1CCC(NC(=NCC(=O)N(C)C)NCC2CCCCC2)CC1. The number of likely N-dealkylation sites (tertiary alicyclic amines) is 1. The number of rotatable bonds is 7. The fraction of sp³-hybridized carbons (Fsp3) is 0.850. The predicted molar refractivity (Wildman–Crippen MR) is 112 cm³/mol. The van der Waals surface area contributed by atoms with Gasteiger partial charge in [-0.1, -0.05) is 19.3 Å². The number of hydrogen-bond acceptors (Lipinski definition) is 4. The second-order valence-electron chi connectivity index (χ2n) is 8.21. The van der Waals surface area contributed by atoms with Crippen LogP contribution in [0.3, 0.4) is 0 Å². The molecule has 3 N–H and O–H groups in total. The topological polar surface area (TPSA) is 89.1 Å². The Labute approximate surface area is 169 Å². The lowest BCUT2D eigenvalue weighted by atomic mass is 9.89. The molecule has 0 bridgehead atoms. The van der Waals surface area contributed by atoms with E-state index in [1.165, 1.54) is 32.1 Å². The summed E-state index contributed by atoms with van der Waals surface area (Å²) in [5, 5.41) is 9.67. The molecule has 160 valence electrons. The van der Waals surface area contributed by atoms with Gasteiger partial charge < -0.3 is 20.9 Å². The predicted octanol–water partition coefficient (Wildman–Crippen LogP) is 0.401. The average molecular weight is 395 g/mol. The Bertz CT molecular complexity index is 523. The quantitative estimate of drug-likeness (QED) is 0.430. The van der Waals surface area contributed by atoms with E-state index in [9.17, 15) is 9.59 Å². The van der Waals surface area contributed by atoms with E-state index < -0.39 is 0 Å². The molecule has 1 aliphatic heterocycles. The van der Waals surface area contributed by atoms with Gasteiger partial charge in [-0.2, -0.15) is 0 Å². The Hall–Kier alpha value is -1.83. The summed E-state index contributed by atoms with van der Waals surface area (Å²) in [6.45, 7) is 3.30. The molecule has 1 saturated heterocycles. The van der Waals surface area contributed by atoms with Crippen LogP contribution in [-0.4, -0.2) is 87.5 Å². The van der Waals surface area contributed by atoms with Crippen LogP contribution in [-0.2, 0) is 9.59 Å². The van der Waals surface area contributed by atoms with Crippen molar-refractivity contribution in [2.24, 2.45) is 10.9 Å². The van der Waals surface area contributed by atoms with Crippen molar-refractivity contribution in [2.75, 3.05) is 53.9 Å². The van der Waals surface area contributed by atoms with Crippen LogP contribution in [0, 0.1) is 5.92 Å². The van der Waals surface area contributed by atoms with E-state index in [2.05, 4.69) is 25.8 Å². The molecule has 0 aromatic carbocycles. The molecule has 8 heteroatoms. The van der Waals surface area contributed by atoms with Gasteiger partial charge in [-0.15, -0.1) is 0 Å². The Kier molecular flexibility index (Phi) is 9.54. The van der Waals surface area contributed by atoms with Gasteiger partial charge in [-0.25, -0.2) is 4.99 Å². The monoisotopic (exact) mass is 394 g/mol. The van der Waals surface area contributed by atoms with Gasteiger partial charge in [0.25, 0.3) is 0 Å². The highest BCUT2D eigenvalue weighted by molar-refractivity contribution is 5.85. The van der Waals surface area contributed by atoms with Crippen molar-refractivity contribution in [1.29, 1.82) is 0 Å².